The van der Waals surface area contributed by atoms with Crippen LogP contribution in [0.15, 0.2) is 24.3 Å². The second-order valence-corrected chi connectivity index (χ2v) is 5.69. The van der Waals surface area contributed by atoms with E-state index >= 15 is 0 Å². The van der Waals surface area contributed by atoms with Crippen LogP contribution in [0.1, 0.15) is 43.0 Å². The fraction of sp³-hybridized carbons (Fsp3) is 0.533. The average Bonchev–Trinajstić information content (AvgIpc) is 2.40. The van der Waals surface area contributed by atoms with Gasteiger partial charge in [-0.2, -0.15) is 0 Å². The number of nitrogen functional groups attached to an aromatic ring is 1. The lowest BCUT2D eigenvalue weighted by Gasteiger charge is -2.38. The van der Waals surface area contributed by atoms with E-state index < -0.39 is 0 Å². The summed E-state index contributed by atoms with van der Waals surface area (Å²) in [4.78, 5) is 12.1. The molecule has 4 N–H and O–H groups in total. The number of aliphatic hydroxyl groups excluding tert-OH is 1. The van der Waals surface area contributed by atoms with Gasteiger partial charge in [0.25, 0.3) is 5.91 Å². The normalized spacial score (nSPS) is 25.6. The number of rotatable bonds is 3. The summed E-state index contributed by atoms with van der Waals surface area (Å²) < 4.78 is 0. The molecule has 4 nitrogen and oxygen atoms in total. The van der Waals surface area contributed by atoms with Crippen LogP contribution in [0.2, 0.25) is 0 Å². The molecule has 0 aliphatic heterocycles. The van der Waals surface area contributed by atoms with E-state index in [4.69, 9.17) is 5.73 Å². The molecule has 5 heteroatoms. The summed E-state index contributed by atoms with van der Waals surface area (Å²) in [6.07, 6.45) is 3.60. The summed E-state index contributed by atoms with van der Waals surface area (Å²) in [5.41, 5.74) is 6.53. The Labute approximate surface area is 126 Å². The topological polar surface area (TPSA) is 75.4 Å². The first-order valence-corrected chi connectivity index (χ1v) is 6.84. The summed E-state index contributed by atoms with van der Waals surface area (Å²) in [7, 11) is 0. The maximum atomic E-state index is 12.1. The molecule has 2 unspecified atom stereocenters. The van der Waals surface area contributed by atoms with Crippen LogP contribution >= 0.6 is 12.4 Å². The Balaban J connectivity index is 0.00000200. The predicted molar refractivity (Wildman–Crippen MR) is 83.0 cm³/mol. The monoisotopic (exact) mass is 298 g/mol. The SMILES string of the molecule is CC1(CNC(=O)c2ccccc2N)CCCCC1O.Cl. The van der Waals surface area contributed by atoms with Gasteiger partial charge in [-0.15, -0.1) is 12.4 Å². The third kappa shape index (κ3) is 3.64. The highest BCUT2D eigenvalue weighted by atomic mass is 35.5. The van der Waals surface area contributed by atoms with Gasteiger partial charge < -0.3 is 16.2 Å². The maximum Gasteiger partial charge on any atom is 0.253 e. The number of carbonyl (C=O) groups is 1. The van der Waals surface area contributed by atoms with Crippen LogP contribution in [0, 0.1) is 5.41 Å². The van der Waals surface area contributed by atoms with E-state index in [1.807, 2.05) is 6.92 Å². The fourth-order valence-electron chi connectivity index (χ4n) is 2.67. The molecule has 0 radical (unpaired) electrons. The molecule has 1 aromatic carbocycles. The molecule has 0 saturated heterocycles. The maximum absolute atomic E-state index is 12.1. The van der Waals surface area contributed by atoms with Gasteiger partial charge in [-0.25, -0.2) is 0 Å². The van der Waals surface area contributed by atoms with Gasteiger partial charge in [-0.05, 0) is 25.0 Å². The van der Waals surface area contributed by atoms with Crippen molar-refractivity contribution in [1.82, 2.24) is 5.32 Å². The molecular formula is C15H23ClN2O2. The van der Waals surface area contributed by atoms with Crippen LogP contribution in [0.5, 0.6) is 0 Å². The zero-order valence-electron chi connectivity index (χ0n) is 11.8. The third-order valence-corrected chi connectivity index (χ3v) is 4.14. The van der Waals surface area contributed by atoms with Crippen LogP contribution in [-0.4, -0.2) is 23.7 Å². The van der Waals surface area contributed by atoms with Crippen molar-refractivity contribution in [3.05, 3.63) is 29.8 Å². The standard InChI is InChI=1S/C15H22N2O2.ClH/c1-15(9-5-4-8-13(15)18)10-17-14(19)11-6-2-3-7-12(11)16;/h2-3,6-7,13,18H,4-5,8-10,16H2,1H3,(H,17,19);1H. The van der Waals surface area contributed by atoms with E-state index in [1.165, 1.54) is 0 Å². The van der Waals surface area contributed by atoms with Gasteiger partial charge >= 0.3 is 0 Å². The Morgan fingerprint density at radius 3 is 2.80 bits per heavy atom. The van der Waals surface area contributed by atoms with E-state index in [0.717, 1.165) is 25.7 Å². The molecule has 2 atom stereocenters. The zero-order valence-corrected chi connectivity index (χ0v) is 12.6. The number of nitrogens with one attached hydrogen (secondary N) is 1. The molecule has 0 bridgehead atoms. The summed E-state index contributed by atoms with van der Waals surface area (Å²) in [5, 5.41) is 13.0. The number of halogens is 1. The highest BCUT2D eigenvalue weighted by Gasteiger charge is 2.35. The molecule has 20 heavy (non-hydrogen) atoms. The zero-order chi connectivity index (χ0) is 13.9. The van der Waals surface area contributed by atoms with Crippen molar-refractivity contribution in [1.29, 1.82) is 0 Å². The molecule has 1 aliphatic rings. The first kappa shape index (κ1) is 16.8. The Morgan fingerprint density at radius 1 is 1.45 bits per heavy atom. The molecule has 0 heterocycles. The lowest BCUT2D eigenvalue weighted by Crippen LogP contribution is -2.45. The van der Waals surface area contributed by atoms with Crippen molar-refractivity contribution >= 4 is 24.0 Å². The number of hydrogen-bond acceptors (Lipinski definition) is 3. The molecule has 2 rings (SSSR count). The minimum atomic E-state index is -0.338. The van der Waals surface area contributed by atoms with Crippen LogP contribution in [0.25, 0.3) is 0 Å². The van der Waals surface area contributed by atoms with Crippen molar-refractivity contribution < 1.29 is 9.90 Å². The molecule has 1 saturated carbocycles. The van der Waals surface area contributed by atoms with Crippen molar-refractivity contribution in [2.24, 2.45) is 5.41 Å². The number of nitrogens with two attached hydrogens (primary N) is 1. The van der Waals surface area contributed by atoms with Crippen molar-refractivity contribution in [2.75, 3.05) is 12.3 Å². The minimum Gasteiger partial charge on any atom is -0.398 e. The van der Waals surface area contributed by atoms with Gasteiger partial charge in [0.15, 0.2) is 0 Å². The first-order chi connectivity index (χ1) is 9.03. The Morgan fingerprint density at radius 2 is 2.15 bits per heavy atom. The van der Waals surface area contributed by atoms with Crippen LogP contribution < -0.4 is 11.1 Å². The molecule has 1 fully saturated rings. The Hall–Kier alpha value is -1.26. The molecule has 1 aliphatic carbocycles. The Bertz CT molecular complexity index is 467. The summed E-state index contributed by atoms with van der Waals surface area (Å²) in [6, 6.07) is 7.02. The lowest BCUT2D eigenvalue weighted by molar-refractivity contribution is 0.00191. The number of aliphatic hydroxyl groups is 1. The van der Waals surface area contributed by atoms with Gasteiger partial charge in [-0.1, -0.05) is 31.9 Å². The number of hydrogen-bond donors (Lipinski definition) is 3. The summed E-state index contributed by atoms with van der Waals surface area (Å²) >= 11 is 0. The molecule has 0 aromatic heterocycles. The fourth-order valence-corrected chi connectivity index (χ4v) is 2.67. The number of benzene rings is 1. The number of anilines is 1. The van der Waals surface area contributed by atoms with Gasteiger partial charge in [0, 0.05) is 17.6 Å². The molecule has 1 aromatic rings. The van der Waals surface area contributed by atoms with Crippen LogP contribution in [0.3, 0.4) is 0 Å². The highest BCUT2D eigenvalue weighted by molar-refractivity contribution is 5.99. The van der Waals surface area contributed by atoms with Crippen LogP contribution in [-0.2, 0) is 0 Å². The van der Waals surface area contributed by atoms with Crippen molar-refractivity contribution in [2.45, 2.75) is 38.7 Å². The first-order valence-electron chi connectivity index (χ1n) is 6.84. The summed E-state index contributed by atoms with van der Waals surface area (Å²) in [6.45, 7) is 2.52. The molecular weight excluding hydrogens is 276 g/mol. The number of para-hydroxylation sites is 1. The van der Waals surface area contributed by atoms with E-state index in [2.05, 4.69) is 5.32 Å². The highest BCUT2D eigenvalue weighted by Crippen LogP contribution is 2.35. The quantitative estimate of drug-likeness (QED) is 0.750. The van der Waals surface area contributed by atoms with E-state index in [1.54, 1.807) is 24.3 Å². The Kier molecular flexibility index (Phi) is 5.84. The smallest absolute Gasteiger partial charge is 0.253 e. The van der Waals surface area contributed by atoms with Gasteiger partial charge in [0.1, 0.15) is 0 Å². The van der Waals surface area contributed by atoms with Crippen molar-refractivity contribution in [3.8, 4) is 0 Å². The van der Waals surface area contributed by atoms with Gasteiger partial charge in [0.05, 0.1) is 11.7 Å². The van der Waals surface area contributed by atoms with E-state index in [-0.39, 0.29) is 29.8 Å². The van der Waals surface area contributed by atoms with E-state index in [9.17, 15) is 9.90 Å². The van der Waals surface area contributed by atoms with Crippen LogP contribution in [0.4, 0.5) is 5.69 Å². The average molecular weight is 299 g/mol. The molecule has 1 amide bonds. The minimum absolute atomic E-state index is 0. The summed E-state index contributed by atoms with van der Waals surface area (Å²) in [5.74, 6) is -0.169. The number of carbonyl (C=O) groups excluding carboxylic acids is 1. The molecule has 0 spiro atoms. The van der Waals surface area contributed by atoms with Crippen molar-refractivity contribution in [3.63, 3.8) is 0 Å². The van der Waals surface area contributed by atoms with Gasteiger partial charge in [0.2, 0.25) is 0 Å². The second kappa shape index (κ2) is 6.95. The molecule has 112 valence electrons. The lowest BCUT2D eigenvalue weighted by atomic mass is 9.73. The largest absolute Gasteiger partial charge is 0.398 e. The third-order valence-electron chi connectivity index (χ3n) is 4.14. The van der Waals surface area contributed by atoms with Gasteiger partial charge in [-0.3, -0.25) is 4.79 Å². The number of amides is 1. The predicted octanol–water partition coefficient (Wildman–Crippen LogP) is 2.36. The second-order valence-electron chi connectivity index (χ2n) is 5.69. The van der Waals surface area contributed by atoms with E-state index in [0.29, 0.717) is 17.8 Å².